The van der Waals surface area contributed by atoms with Crippen molar-refractivity contribution in [3.8, 4) is 0 Å². The van der Waals surface area contributed by atoms with Crippen molar-refractivity contribution in [3.05, 3.63) is 30.3 Å². The second-order valence-electron chi connectivity index (χ2n) is 5.88. The van der Waals surface area contributed by atoms with E-state index in [9.17, 15) is 4.79 Å². The second-order valence-corrected chi connectivity index (χ2v) is 5.88. The molecule has 1 aromatic carbocycles. The van der Waals surface area contributed by atoms with Gasteiger partial charge in [0.05, 0.1) is 6.04 Å². The molecule has 20 heavy (non-hydrogen) atoms. The number of hydrogen-bond donors (Lipinski definition) is 2. The lowest BCUT2D eigenvalue weighted by atomic mass is 10.0. The van der Waals surface area contributed by atoms with Crippen LogP contribution in [0.15, 0.2) is 30.3 Å². The van der Waals surface area contributed by atoms with Gasteiger partial charge in [-0.3, -0.25) is 4.79 Å². The van der Waals surface area contributed by atoms with Gasteiger partial charge in [-0.1, -0.05) is 32.0 Å². The summed E-state index contributed by atoms with van der Waals surface area (Å²) in [6.45, 7) is 5.91. The molecule has 2 rings (SSSR count). The first-order valence-corrected chi connectivity index (χ1v) is 7.44. The van der Waals surface area contributed by atoms with E-state index in [1.165, 1.54) is 5.69 Å². The van der Waals surface area contributed by atoms with Gasteiger partial charge in [-0.25, -0.2) is 0 Å². The lowest BCUT2D eigenvalue weighted by Crippen LogP contribution is -2.51. The minimum Gasteiger partial charge on any atom is -0.371 e. The molecule has 1 aliphatic heterocycles. The molecule has 0 saturated carbocycles. The fourth-order valence-electron chi connectivity index (χ4n) is 2.52. The van der Waals surface area contributed by atoms with Crippen LogP contribution in [0.3, 0.4) is 0 Å². The fourth-order valence-corrected chi connectivity index (χ4v) is 2.52. The van der Waals surface area contributed by atoms with E-state index in [-0.39, 0.29) is 17.9 Å². The Morgan fingerprint density at radius 2 is 1.85 bits per heavy atom. The van der Waals surface area contributed by atoms with Crippen molar-refractivity contribution in [1.29, 1.82) is 0 Å². The van der Waals surface area contributed by atoms with Crippen molar-refractivity contribution < 1.29 is 4.79 Å². The number of hydrogen-bond acceptors (Lipinski definition) is 3. The summed E-state index contributed by atoms with van der Waals surface area (Å²) in [4.78, 5) is 14.3. The summed E-state index contributed by atoms with van der Waals surface area (Å²) in [6, 6.07) is 10.3. The Morgan fingerprint density at radius 3 is 2.40 bits per heavy atom. The molecule has 1 fully saturated rings. The predicted octanol–water partition coefficient (Wildman–Crippen LogP) is 1.75. The van der Waals surface area contributed by atoms with Gasteiger partial charge >= 0.3 is 0 Å². The van der Waals surface area contributed by atoms with Crippen LogP contribution in [0.4, 0.5) is 5.69 Å². The summed E-state index contributed by atoms with van der Waals surface area (Å²) in [5, 5.41) is 3.08. The second kappa shape index (κ2) is 6.75. The zero-order valence-corrected chi connectivity index (χ0v) is 12.4. The van der Waals surface area contributed by atoms with E-state index in [1.54, 1.807) is 0 Å². The zero-order valence-electron chi connectivity index (χ0n) is 12.4. The van der Waals surface area contributed by atoms with Crippen molar-refractivity contribution in [3.63, 3.8) is 0 Å². The van der Waals surface area contributed by atoms with Gasteiger partial charge in [0.1, 0.15) is 0 Å². The smallest absolute Gasteiger partial charge is 0.237 e. The van der Waals surface area contributed by atoms with E-state index < -0.39 is 6.04 Å². The molecule has 0 spiro atoms. The standard InChI is InChI=1S/C16H25N3O/c1-12(2)15(17)16(20)18-13-8-10-19(11-9-13)14-6-4-3-5-7-14/h3-7,12-13,15H,8-11,17H2,1-2H3,(H,18,20)/t15-/m0/s1. The fraction of sp³-hybridized carbons (Fsp3) is 0.562. The molecule has 0 unspecified atom stereocenters. The molecule has 0 bridgehead atoms. The largest absolute Gasteiger partial charge is 0.371 e. The Labute approximate surface area is 121 Å². The third-order valence-electron chi connectivity index (χ3n) is 3.98. The summed E-state index contributed by atoms with van der Waals surface area (Å²) < 4.78 is 0. The average molecular weight is 275 g/mol. The van der Waals surface area contributed by atoms with Crippen LogP contribution in [0.5, 0.6) is 0 Å². The molecule has 1 aromatic rings. The quantitative estimate of drug-likeness (QED) is 0.880. The minimum atomic E-state index is -0.401. The number of carbonyl (C=O) groups excluding carboxylic acids is 1. The number of piperidine rings is 1. The number of nitrogens with zero attached hydrogens (tertiary/aromatic N) is 1. The highest BCUT2D eigenvalue weighted by molar-refractivity contribution is 5.82. The highest BCUT2D eigenvalue weighted by Gasteiger charge is 2.24. The molecule has 1 atom stereocenters. The number of amides is 1. The summed E-state index contributed by atoms with van der Waals surface area (Å²) in [7, 11) is 0. The van der Waals surface area contributed by atoms with Crippen LogP contribution in [0.1, 0.15) is 26.7 Å². The maximum absolute atomic E-state index is 12.0. The van der Waals surface area contributed by atoms with Crippen molar-refractivity contribution in [2.45, 2.75) is 38.8 Å². The van der Waals surface area contributed by atoms with Crippen molar-refractivity contribution in [1.82, 2.24) is 5.32 Å². The van der Waals surface area contributed by atoms with Gasteiger partial charge in [-0.2, -0.15) is 0 Å². The lowest BCUT2D eigenvalue weighted by Gasteiger charge is -2.34. The molecule has 1 saturated heterocycles. The minimum absolute atomic E-state index is 0.0156. The highest BCUT2D eigenvalue weighted by atomic mass is 16.2. The van der Waals surface area contributed by atoms with E-state index in [1.807, 2.05) is 19.9 Å². The van der Waals surface area contributed by atoms with Gasteiger partial charge in [-0.15, -0.1) is 0 Å². The van der Waals surface area contributed by atoms with Gasteiger partial charge in [0.25, 0.3) is 0 Å². The maximum atomic E-state index is 12.0. The lowest BCUT2D eigenvalue weighted by molar-refractivity contribution is -0.124. The van der Waals surface area contributed by atoms with Gasteiger partial charge in [0.2, 0.25) is 5.91 Å². The third-order valence-corrected chi connectivity index (χ3v) is 3.98. The number of nitrogens with one attached hydrogen (secondary N) is 1. The first-order chi connectivity index (χ1) is 9.58. The third kappa shape index (κ3) is 3.73. The van der Waals surface area contributed by atoms with Gasteiger partial charge in [0.15, 0.2) is 0 Å². The van der Waals surface area contributed by atoms with Crippen molar-refractivity contribution in [2.24, 2.45) is 11.7 Å². The predicted molar refractivity (Wildman–Crippen MR) is 82.6 cm³/mol. The van der Waals surface area contributed by atoms with Crippen LogP contribution in [-0.2, 0) is 4.79 Å². The maximum Gasteiger partial charge on any atom is 0.237 e. The number of anilines is 1. The van der Waals surface area contributed by atoms with Crippen LogP contribution in [0, 0.1) is 5.92 Å². The summed E-state index contributed by atoms with van der Waals surface area (Å²) in [6.07, 6.45) is 1.96. The first-order valence-electron chi connectivity index (χ1n) is 7.44. The number of carbonyl (C=O) groups is 1. The molecular formula is C16H25N3O. The number of rotatable bonds is 4. The first kappa shape index (κ1) is 14.9. The van der Waals surface area contributed by atoms with E-state index in [4.69, 9.17) is 5.73 Å². The molecule has 4 nitrogen and oxygen atoms in total. The van der Waals surface area contributed by atoms with Crippen LogP contribution in [0.2, 0.25) is 0 Å². The molecule has 0 aliphatic carbocycles. The zero-order chi connectivity index (χ0) is 14.5. The summed E-state index contributed by atoms with van der Waals surface area (Å²) >= 11 is 0. The molecule has 1 aliphatic rings. The van der Waals surface area contributed by atoms with E-state index in [0.29, 0.717) is 0 Å². The Balaban J connectivity index is 1.81. The SMILES string of the molecule is CC(C)[C@H](N)C(=O)NC1CCN(c2ccccc2)CC1. The molecule has 1 heterocycles. The van der Waals surface area contributed by atoms with Crippen LogP contribution in [0.25, 0.3) is 0 Å². The molecular weight excluding hydrogens is 250 g/mol. The topological polar surface area (TPSA) is 58.4 Å². The molecule has 4 heteroatoms. The molecule has 1 amide bonds. The average Bonchev–Trinajstić information content (AvgIpc) is 2.48. The highest BCUT2D eigenvalue weighted by Crippen LogP contribution is 2.19. The summed E-state index contributed by atoms with van der Waals surface area (Å²) in [5.74, 6) is 0.164. The van der Waals surface area contributed by atoms with Crippen LogP contribution < -0.4 is 16.0 Å². The van der Waals surface area contributed by atoms with Gasteiger partial charge in [-0.05, 0) is 30.9 Å². The number of nitrogens with two attached hydrogens (primary N) is 1. The molecule has 3 N–H and O–H groups in total. The van der Waals surface area contributed by atoms with E-state index >= 15 is 0 Å². The normalized spacial score (nSPS) is 18.1. The number of benzene rings is 1. The van der Waals surface area contributed by atoms with Gasteiger partial charge < -0.3 is 16.0 Å². The summed E-state index contributed by atoms with van der Waals surface area (Å²) in [5.41, 5.74) is 7.13. The van der Waals surface area contributed by atoms with E-state index in [0.717, 1.165) is 25.9 Å². The van der Waals surface area contributed by atoms with Crippen LogP contribution in [-0.4, -0.2) is 31.1 Å². The Bertz CT molecular complexity index is 425. The van der Waals surface area contributed by atoms with E-state index in [2.05, 4.69) is 34.5 Å². The van der Waals surface area contributed by atoms with Crippen molar-refractivity contribution >= 4 is 11.6 Å². The Hall–Kier alpha value is -1.55. The number of para-hydroxylation sites is 1. The molecule has 0 aromatic heterocycles. The van der Waals surface area contributed by atoms with Gasteiger partial charge in [0, 0.05) is 24.8 Å². The molecule has 0 radical (unpaired) electrons. The Morgan fingerprint density at radius 1 is 1.25 bits per heavy atom. The van der Waals surface area contributed by atoms with Crippen LogP contribution >= 0.6 is 0 Å². The Kier molecular flexibility index (Phi) is 5.01. The monoisotopic (exact) mass is 275 g/mol. The molecule has 110 valence electrons. The van der Waals surface area contributed by atoms with Crippen molar-refractivity contribution in [2.75, 3.05) is 18.0 Å².